The lowest BCUT2D eigenvalue weighted by Gasteiger charge is -2.21. The summed E-state index contributed by atoms with van der Waals surface area (Å²) in [7, 11) is 0. The third-order valence-electron chi connectivity index (χ3n) is 2.18. The molecule has 1 unspecified atom stereocenters. The van der Waals surface area contributed by atoms with Gasteiger partial charge in [-0.25, -0.2) is 0 Å². The maximum absolute atomic E-state index is 11.3. The third kappa shape index (κ3) is 1.56. The summed E-state index contributed by atoms with van der Waals surface area (Å²) in [5.41, 5.74) is 0.971. The van der Waals surface area contributed by atoms with E-state index in [2.05, 4.69) is 0 Å². The molecule has 4 heteroatoms. The average Bonchev–Trinajstić information content (AvgIpc) is 2.18. The van der Waals surface area contributed by atoms with Gasteiger partial charge in [0.1, 0.15) is 6.10 Å². The minimum Gasteiger partial charge on any atom is -0.616 e. The molecule has 0 saturated heterocycles. The zero-order valence-corrected chi connectivity index (χ0v) is 7.83. The molecule has 0 radical (unpaired) electrons. The minimum atomic E-state index is -0.0169. The number of rotatable bonds is 1. The van der Waals surface area contributed by atoms with Crippen molar-refractivity contribution in [3.63, 3.8) is 0 Å². The van der Waals surface area contributed by atoms with E-state index in [4.69, 9.17) is 16.3 Å². The molecular weight excluding hydrogens is 190 g/mol. The number of alkyl halides is 1. The second-order valence-electron chi connectivity index (χ2n) is 3.10. The quantitative estimate of drug-likeness (QED) is 0.388. The molecule has 0 fully saturated rings. The number of aryl methyl sites for hydroxylation is 1. The Bertz CT molecular complexity index is 316. The van der Waals surface area contributed by atoms with Crippen molar-refractivity contribution in [2.75, 3.05) is 5.88 Å². The molecule has 1 atom stereocenters. The van der Waals surface area contributed by atoms with E-state index in [0.717, 1.165) is 23.1 Å². The molecule has 0 aromatic carbocycles. The maximum Gasteiger partial charge on any atom is 0.382 e. The number of aromatic nitrogens is 1. The Kier molecular flexibility index (Phi) is 2.27. The van der Waals surface area contributed by atoms with E-state index in [1.54, 1.807) is 6.07 Å². The Morgan fingerprint density at radius 3 is 3.31 bits per heavy atom. The molecule has 0 saturated carbocycles. The summed E-state index contributed by atoms with van der Waals surface area (Å²) in [6, 6.07) is 3.64. The van der Waals surface area contributed by atoms with Crippen molar-refractivity contribution in [1.82, 2.24) is 0 Å². The van der Waals surface area contributed by atoms with Crippen molar-refractivity contribution in [2.45, 2.75) is 18.9 Å². The van der Waals surface area contributed by atoms with Crippen molar-refractivity contribution >= 4 is 11.6 Å². The lowest BCUT2D eigenvalue weighted by molar-refractivity contribution is -0.614. The Morgan fingerprint density at radius 2 is 2.54 bits per heavy atom. The van der Waals surface area contributed by atoms with Crippen LogP contribution in [0.2, 0.25) is 0 Å². The molecule has 70 valence electrons. The van der Waals surface area contributed by atoms with Crippen molar-refractivity contribution in [3.05, 3.63) is 29.1 Å². The summed E-state index contributed by atoms with van der Waals surface area (Å²) in [5.74, 6) is 0.855. The Balaban J connectivity index is 2.32. The maximum atomic E-state index is 11.3. The topological polar surface area (TPSA) is 36.2 Å². The number of ether oxygens (including phenoxy) is 1. The highest BCUT2D eigenvalue weighted by Gasteiger charge is 2.24. The van der Waals surface area contributed by atoms with Gasteiger partial charge in [-0.2, -0.15) is 0 Å². The van der Waals surface area contributed by atoms with Crippen LogP contribution in [0.5, 0.6) is 5.88 Å². The molecule has 0 amide bonds. The van der Waals surface area contributed by atoms with Gasteiger partial charge in [0.2, 0.25) is 0 Å². The van der Waals surface area contributed by atoms with E-state index in [1.165, 1.54) is 6.20 Å². The van der Waals surface area contributed by atoms with E-state index in [-0.39, 0.29) is 6.10 Å². The predicted molar refractivity (Wildman–Crippen MR) is 48.9 cm³/mol. The highest BCUT2D eigenvalue weighted by Crippen LogP contribution is 2.23. The molecule has 0 bridgehead atoms. The highest BCUT2D eigenvalue weighted by atomic mass is 35.5. The van der Waals surface area contributed by atoms with E-state index in [1.807, 2.05) is 6.07 Å². The Labute approximate surface area is 81.5 Å². The normalized spacial score (nSPS) is 20.5. The number of fused-ring (bicyclic) bond motifs is 1. The van der Waals surface area contributed by atoms with Crippen LogP contribution in [-0.4, -0.2) is 12.0 Å². The minimum absolute atomic E-state index is 0.0169. The summed E-state index contributed by atoms with van der Waals surface area (Å²) in [6.45, 7) is 0. The van der Waals surface area contributed by atoms with E-state index < -0.39 is 0 Å². The van der Waals surface area contributed by atoms with Crippen LogP contribution in [0.3, 0.4) is 0 Å². The summed E-state index contributed by atoms with van der Waals surface area (Å²) in [4.78, 5) is 0. The monoisotopic (exact) mass is 199 g/mol. The van der Waals surface area contributed by atoms with Gasteiger partial charge in [0.25, 0.3) is 0 Å². The van der Waals surface area contributed by atoms with E-state index in [0.29, 0.717) is 11.8 Å². The molecule has 1 aromatic rings. The van der Waals surface area contributed by atoms with Crippen LogP contribution in [0.15, 0.2) is 18.3 Å². The molecule has 2 heterocycles. The lowest BCUT2D eigenvalue weighted by Crippen LogP contribution is -2.36. The fraction of sp³-hybridized carbons (Fsp3) is 0.444. The van der Waals surface area contributed by atoms with Crippen molar-refractivity contribution in [1.29, 1.82) is 0 Å². The SMILES string of the molecule is [O-][n+]1cccc2c1OC(CCl)CC2. The van der Waals surface area contributed by atoms with Gasteiger partial charge < -0.3 is 9.94 Å². The van der Waals surface area contributed by atoms with Crippen LogP contribution < -0.4 is 9.47 Å². The summed E-state index contributed by atoms with van der Waals surface area (Å²) in [6.07, 6.45) is 3.18. The number of nitrogens with zero attached hydrogens (tertiary/aromatic N) is 1. The number of hydrogen-bond donors (Lipinski definition) is 0. The summed E-state index contributed by atoms with van der Waals surface area (Å²) >= 11 is 5.66. The smallest absolute Gasteiger partial charge is 0.382 e. The fourth-order valence-electron chi connectivity index (χ4n) is 1.48. The van der Waals surface area contributed by atoms with Crippen molar-refractivity contribution in [2.24, 2.45) is 0 Å². The van der Waals surface area contributed by atoms with Crippen LogP contribution in [0.1, 0.15) is 12.0 Å². The standard InChI is InChI=1S/C9H10ClNO2/c10-6-8-4-3-7-2-1-5-11(12)9(7)13-8/h1-2,5,8H,3-4,6H2. The first-order valence-electron chi connectivity index (χ1n) is 4.25. The second kappa shape index (κ2) is 3.42. The fourth-order valence-corrected chi connectivity index (χ4v) is 1.70. The number of halogens is 1. The second-order valence-corrected chi connectivity index (χ2v) is 3.41. The van der Waals surface area contributed by atoms with Crippen LogP contribution >= 0.6 is 11.6 Å². The van der Waals surface area contributed by atoms with Crippen molar-refractivity contribution in [3.8, 4) is 5.88 Å². The van der Waals surface area contributed by atoms with Gasteiger partial charge in [-0.1, -0.05) is 0 Å². The van der Waals surface area contributed by atoms with Gasteiger partial charge >= 0.3 is 5.88 Å². The first-order chi connectivity index (χ1) is 6.31. The summed E-state index contributed by atoms with van der Waals surface area (Å²) in [5, 5.41) is 11.3. The Hall–Kier alpha value is -0.960. The van der Waals surface area contributed by atoms with Crippen LogP contribution in [0, 0.1) is 5.21 Å². The van der Waals surface area contributed by atoms with Crippen molar-refractivity contribution < 1.29 is 9.47 Å². The third-order valence-corrected chi connectivity index (χ3v) is 2.52. The average molecular weight is 200 g/mol. The predicted octanol–water partition coefficient (Wildman–Crippen LogP) is 1.25. The van der Waals surface area contributed by atoms with Gasteiger partial charge in [-0.15, -0.1) is 16.3 Å². The molecule has 0 aliphatic carbocycles. The molecular formula is C9H10ClNO2. The molecule has 1 aliphatic rings. The van der Waals surface area contributed by atoms with Gasteiger partial charge in [0.15, 0.2) is 6.20 Å². The molecule has 3 nitrogen and oxygen atoms in total. The van der Waals surface area contributed by atoms with E-state index in [9.17, 15) is 5.21 Å². The molecule has 13 heavy (non-hydrogen) atoms. The molecule has 1 aliphatic heterocycles. The Morgan fingerprint density at radius 1 is 1.69 bits per heavy atom. The molecule has 2 rings (SSSR count). The zero-order chi connectivity index (χ0) is 9.26. The number of hydrogen-bond acceptors (Lipinski definition) is 2. The van der Waals surface area contributed by atoms with Gasteiger partial charge in [0, 0.05) is 6.07 Å². The van der Waals surface area contributed by atoms with Crippen LogP contribution in [-0.2, 0) is 6.42 Å². The molecule has 0 spiro atoms. The first kappa shape index (κ1) is 8.63. The lowest BCUT2D eigenvalue weighted by atomic mass is 10.1. The molecule has 1 aromatic heterocycles. The van der Waals surface area contributed by atoms with E-state index >= 15 is 0 Å². The number of pyridine rings is 1. The summed E-state index contributed by atoms with van der Waals surface area (Å²) < 4.78 is 6.19. The first-order valence-corrected chi connectivity index (χ1v) is 4.78. The molecule has 0 N–H and O–H groups in total. The zero-order valence-electron chi connectivity index (χ0n) is 7.07. The van der Waals surface area contributed by atoms with Gasteiger partial charge in [-0.05, 0) is 18.9 Å². The highest BCUT2D eigenvalue weighted by molar-refractivity contribution is 6.18. The van der Waals surface area contributed by atoms with Gasteiger partial charge in [0.05, 0.1) is 11.4 Å². The van der Waals surface area contributed by atoms with Gasteiger partial charge in [-0.3, -0.25) is 0 Å². The largest absolute Gasteiger partial charge is 0.616 e. The van der Waals surface area contributed by atoms with Crippen LogP contribution in [0.4, 0.5) is 0 Å². The van der Waals surface area contributed by atoms with Crippen LogP contribution in [0.25, 0.3) is 0 Å².